The highest BCUT2D eigenvalue weighted by Gasteiger charge is 2.15. The number of carbonyl (C=O) groups is 1. The summed E-state index contributed by atoms with van der Waals surface area (Å²) in [7, 11) is 0. The van der Waals surface area contributed by atoms with Crippen molar-refractivity contribution in [2.45, 2.75) is 38.2 Å². The minimum Gasteiger partial charge on any atom is -0.307 e. The zero-order valence-electron chi connectivity index (χ0n) is 16.5. The lowest BCUT2D eigenvalue weighted by molar-refractivity contribution is 0.102. The highest BCUT2D eigenvalue weighted by molar-refractivity contribution is 7.98. The summed E-state index contributed by atoms with van der Waals surface area (Å²) in [5, 5.41) is 12.3. The first-order valence-corrected chi connectivity index (χ1v) is 10.3. The highest BCUT2D eigenvalue weighted by Crippen LogP contribution is 2.23. The molecule has 0 aliphatic rings. The zero-order chi connectivity index (χ0) is 20.4. The number of aryl methyl sites for hydroxylation is 3. The average Bonchev–Trinajstić information content (AvgIpc) is 3.33. The summed E-state index contributed by atoms with van der Waals surface area (Å²) in [5.74, 6) is 1.68. The third-order valence-electron chi connectivity index (χ3n) is 4.48. The lowest BCUT2D eigenvalue weighted by Crippen LogP contribution is -2.17. The van der Waals surface area contributed by atoms with Gasteiger partial charge in [0, 0.05) is 35.3 Å². The smallest absolute Gasteiger partial charge is 0.257 e. The molecule has 0 bridgehead atoms. The van der Waals surface area contributed by atoms with Crippen LogP contribution in [0.4, 0.5) is 5.82 Å². The van der Waals surface area contributed by atoms with E-state index in [1.807, 2.05) is 51.1 Å². The maximum Gasteiger partial charge on any atom is 0.257 e. The van der Waals surface area contributed by atoms with Gasteiger partial charge in [0.1, 0.15) is 5.82 Å². The first-order valence-electron chi connectivity index (χ1n) is 9.30. The fraction of sp³-hybridized carbons (Fsp3) is 0.250. The molecule has 1 aromatic carbocycles. The van der Waals surface area contributed by atoms with E-state index >= 15 is 0 Å². The fourth-order valence-electron chi connectivity index (χ4n) is 3.09. The molecule has 9 heteroatoms. The number of hydrogen-bond acceptors (Lipinski definition) is 6. The van der Waals surface area contributed by atoms with Gasteiger partial charge in [0.2, 0.25) is 5.16 Å². The van der Waals surface area contributed by atoms with Crippen LogP contribution in [0.2, 0.25) is 0 Å². The molecule has 4 rings (SSSR count). The van der Waals surface area contributed by atoms with Gasteiger partial charge in [0.05, 0.1) is 6.20 Å². The van der Waals surface area contributed by atoms with Crippen LogP contribution in [0.1, 0.15) is 34.2 Å². The molecule has 1 N–H and O–H groups in total. The van der Waals surface area contributed by atoms with Crippen molar-refractivity contribution in [1.29, 1.82) is 0 Å². The summed E-state index contributed by atoms with van der Waals surface area (Å²) in [6, 6.07) is 11.3. The number of anilines is 1. The maximum absolute atomic E-state index is 12.8. The second kappa shape index (κ2) is 8.04. The van der Waals surface area contributed by atoms with E-state index in [1.165, 1.54) is 11.8 Å². The molecule has 148 valence electrons. The van der Waals surface area contributed by atoms with Crippen LogP contribution in [0.5, 0.6) is 0 Å². The van der Waals surface area contributed by atoms with Crippen molar-refractivity contribution in [3.8, 4) is 0 Å². The third-order valence-corrected chi connectivity index (χ3v) is 5.36. The van der Waals surface area contributed by atoms with Crippen molar-refractivity contribution in [1.82, 2.24) is 29.4 Å². The molecule has 0 aliphatic carbocycles. The van der Waals surface area contributed by atoms with Crippen molar-refractivity contribution in [2.24, 2.45) is 0 Å². The fourth-order valence-corrected chi connectivity index (χ4v) is 3.92. The largest absolute Gasteiger partial charge is 0.307 e. The van der Waals surface area contributed by atoms with Crippen LogP contribution in [0.25, 0.3) is 5.78 Å². The second-order valence-corrected chi connectivity index (χ2v) is 7.52. The maximum atomic E-state index is 12.8. The van der Waals surface area contributed by atoms with E-state index in [4.69, 9.17) is 0 Å². The number of thioether (sulfide) groups is 1. The minimum absolute atomic E-state index is 0.160. The lowest BCUT2D eigenvalue weighted by atomic mass is 10.1. The Balaban J connectivity index is 1.53. The minimum atomic E-state index is -0.160. The number of amides is 1. The second-order valence-electron chi connectivity index (χ2n) is 6.58. The van der Waals surface area contributed by atoms with Crippen molar-refractivity contribution >= 4 is 29.3 Å². The molecule has 0 saturated carbocycles. The molecule has 0 radical (unpaired) electrons. The Hall–Kier alpha value is -3.20. The summed E-state index contributed by atoms with van der Waals surface area (Å²) < 4.78 is 3.48. The van der Waals surface area contributed by atoms with Gasteiger partial charge in [-0.05, 0) is 38.5 Å². The Morgan fingerprint density at radius 1 is 1.17 bits per heavy atom. The Labute approximate surface area is 172 Å². The first-order chi connectivity index (χ1) is 14.0. The van der Waals surface area contributed by atoms with Crippen LogP contribution >= 0.6 is 11.8 Å². The number of aromatic nitrogens is 6. The van der Waals surface area contributed by atoms with E-state index in [2.05, 4.69) is 25.5 Å². The monoisotopic (exact) mass is 407 g/mol. The molecule has 0 spiro atoms. The van der Waals surface area contributed by atoms with E-state index in [1.54, 1.807) is 21.5 Å². The molecule has 0 atom stereocenters. The van der Waals surface area contributed by atoms with Crippen LogP contribution in [-0.2, 0) is 12.3 Å². The molecule has 0 unspecified atom stereocenters. The summed E-state index contributed by atoms with van der Waals surface area (Å²) in [6.45, 7) is 6.58. The third kappa shape index (κ3) is 4.00. The number of carbonyl (C=O) groups excluding carboxylic acids is 1. The molecule has 0 saturated heterocycles. The van der Waals surface area contributed by atoms with Crippen LogP contribution in [0, 0.1) is 13.8 Å². The topological polar surface area (TPSA) is 90.0 Å². The van der Waals surface area contributed by atoms with Crippen molar-refractivity contribution in [3.63, 3.8) is 0 Å². The zero-order valence-corrected chi connectivity index (χ0v) is 17.3. The molecule has 4 aromatic rings. The molecule has 0 fully saturated rings. The first kappa shape index (κ1) is 19.1. The summed E-state index contributed by atoms with van der Waals surface area (Å²) in [6.07, 6.45) is 1.67. The summed E-state index contributed by atoms with van der Waals surface area (Å²) in [4.78, 5) is 21.7. The van der Waals surface area contributed by atoms with Gasteiger partial charge >= 0.3 is 0 Å². The quantitative estimate of drug-likeness (QED) is 0.492. The Morgan fingerprint density at radius 3 is 2.83 bits per heavy atom. The van der Waals surface area contributed by atoms with Gasteiger partial charge in [-0.3, -0.25) is 4.79 Å². The Morgan fingerprint density at radius 2 is 2.00 bits per heavy atom. The van der Waals surface area contributed by atoms with Crippen molar-refractivity contribution in [3.05, 3.63) is 65.1 Å². The van der Waals surface area contributed by atoms with Crippen molar-refractivity contribution in [2.75, 3.05) is 5.32 Å². The number of fused-ring (bicyclic) bond motifs is 1. The SMILES string of the molecule is CCn1nccc1NC(=O)c1ccccc1CSc1nc2nc(C)cc(C)n2n1. The van der Waals surface area contributed by atoms with Gasteiger partial charge in [-0.2, -0.15) is 10.1 Å². The summed E-state index contributed by atoms with van der Waals surface area (Å²) >= 11 is 1.48. The van der Waals surface area contributed by atoms with Gasteiger partial charge in [-0.25, -0.2) is 14.2 Å². The van der Waals surface area contributed by atoms with E-state index in [9.17, 15) is 4.79 Å². The molecular formula is C20H21N7OS. The number of hydrogen-bond donors (Lipinski definition) is 1. The van der Waals surface area contributed by atoms with Gasteiger partial charge in [-0.15, -0.1) is 5.10 Å². The number of nitrogens with zero attached hydrogens (tertiary/aromatic N) is 6. The van der Waals surface area contributed by atoms with Crippen LogP contribution in [-0.4, -0.2) is 35.3 Å². The molecule has 0 aliphatic heterocycles. The van der Waals surface area contributed by atoms with E-state index in [0.717, 1.165) is 17.0 Å². The molecule has 8 nitrogen and oxygen atoms in total. The number of benzene rings is 1. The van der Waals surface area contributed by atoms with E-state index < -0.39 is 0 Å². The van der Waals surface area contributed by atoms with Gasteiger partial charge in [-0.1, -0.05) is 30.0 Å². The molecule has 1 amide bonds. The number of nitrogens with one attached hydrogen (secondary N) is 1. The molecular weight excluding hydrogens is 386 g/mol. The standard InChI is InChI=1S/C20H21N7OS/c1-4-26-17(9-10-21-26)23-18(28)16-8-6-5-7-15(16)12-29-20-24-19-22-13(2)11-14(3)27(19)25-20/h5-11H,4,12H2,1-3H3,(H,23,28). The lowest BCUT2D eigenvalue weighted by Gasteiger charge is -2.10. The predicted molar refractivity (Wildman–Crippen MR) is 112 cm³/mol. The van der Waals surface area contributed by atoms with E-state index in [0.29, 0.717) is 34.6 Å². The van der Waals surface area contributed by atoms with Gasteiger partial charge < -0.3 is 5.32 Å². The molecule has 3 aromatic heterocycles. The Kier molecular flexibility index (Phi) is 5.30. The predicted octanol–water partition coefficient (Wildman–Crippen LogP) is 3.50. The van der Waals surface area contributed by atoms with Crippen LogP contribution < -0.4 is 5.32 Å². The molecule has 29 heavy (non-hydrogen) atoms. The number of rotatable bonds is 6. The van der Waals surface area contributed by atoms with Crippen LogP contribution in [0.3, 0.4) is 0 Å². The van der Waals surface area contributed by atoms with E-state index in [-0.39, 0.29) is 5.91 Å². The van der Waals surface area contributed by atoms with Crippen molar-refractivity contribution < 1.29 is 4.79 Å². The van der Waals surface area contributed by atoms with Gasteiger partial charge in [0.15, 0.2) is 0 Å². The molecule has 3 heterocycles. The van der Waals surface area contributed by atoms with Crippen LogP contribution in [0.15, 0.2) is 47.8 Å². The normalized spacial score (nSPS) is 11.1. The highest BCUT2D eigenvalue weighted by atomic mass is 32.2. The Bertz CT molecular complexity index is 1180. The average molecular weight is 408 g/mol. The summed E-state index contributed by atoms with van der Waals surface area (Å²) in [5.41, 5.74) is 3.43. The van der Waals surface area contributed by atoms with Gasteiger partial charge in [0.25, 0.3) is 11.7 Å².